The van der Waals surface area contributed by atoms with Crippen molar-refractivity contribution in [1.29, 1.82) is 0 Å². The first-order valence-corrected chi connectivity index (χ1v) is 12.8. The molecule has 0 radical (unpaired) electrons. The largest absolute Gasteiger partial charge is 0.497 e. The minimum absolute atomic E-state index is 0.484. The zero-order valence-electron chi connectivity index (χ0n) is 24.2. The number of ether oxygens (including phenoxy) is 2. The summed E-state index contributed by atoms with van der Waals surface area (Å²) in [4.78, 5) is 54.0. The first-order chi connectivity index (χ1) is 18.6. The molecule has 10 heteroatoms. The maximum atomic E-state index is 14.2. The lowest BCUT2D eigenvalue weighted by molar-refractivity contribution is -0.147. The lowest BCUT2D eigenvalue weighted by atomic mass is 9.94. The fourth-order valence-electron chi connectivity index (χ4n) is 4.02. The van der Waals surface area contributed by atoms with Gasteiger partial charge in [-0.25, -0.2) is 4.79 Å². The number of amides is 4. The molecule has 2 aromatic rings. The molecule has 0 aliphatic rings. The van der Waals surface area contributed by atoms with Crippen LogP contribution < -0.4 is 21.1 Å². The summed E-state index contributed by atoms with van der Waals surface area (Å²) in [6, 6.07) is 11.3. The van der Waals surface area contributed by atoms with Gasteiger partial charge >= 0.3 is 6.09 Å². The number of carbonyl (C=O) groups excluding carboxylic acids is 4. The molecule has 2 rings (SSSR count). The van der Waals surface area contributed by atoms with Crippen molar-refractivity contribution in [3.63, 3.8) is 0 Å². The van der Waals surface area contributed by atoms with Gasteiger partial charge in [-0.05, 0) is 83.0 Å². The number of carbonyl (C=O) groups is 4. The number of nitrogens with one attached hydrogen (secondary N) is 2. The fraction of sp³-hybridized carbons (Fsp3) is 0.400. The lowest BCUT2D eigenvalue weighted by Crippen LogP contribution is -2.58. The van der Waals surface area contributed by atoms with Crippen molar-refractivity contribution in [3.8, 4) is 5.75 Å². The molecular weight excluding hydrogens is 512 g/mol. The summed E-state index contributed by atoms with van der Waals surface area (Å²) in [6.07, 6.45) is 0.240. The highest BCUT2D eigenvalue weighted by Gasteiger charge is 2.42. The maximum Gasteiger partial charge on any atom is 0.408 e. The van der Waals surface area contributed by atoms with Gasteiger partial charge in [-0.2, -0.15) is 0 Å². The van der Waals surface area contributed by atoms with Gasteiger partial charge in [0.15, 0.2) is 0 Å². The van der Waals surface area contributed by atoms with Crippen molar-refractivity contribution in [2.45, 2.75) is 71.2 Å². The number of benzene rings is 2. The van der Waals surface area contributed by atoms with Gasteiger partial charge in [0.2, 0.25) is 11.8 Å². The summed E-state index contributed by atoms with van der Waals surface area (Å²) in [6.45, 7) is 14.1. The number of alkyl carbamates (subject to hydrolysis) is 1. The Labute approximate surface area is 235 Å². The zero-order valence-corrected chi connectivity index (χ0v) is 24.2. The monoisotopic (exact) mass is 552 g/mol. The maximum absolute atomic E-state index is 14.2. The van der Waals surface area contributed by atoms with Crippen LogP contribution in [0.15, 0.2) is 55.1 Å². The minimum atomic E-state index is -1.38. The smallest absolute Gasteiger partial charge is 0.408 e. The molecule has 0 fully saturated rings. The van der Waals surface area contributed by atoms with E-state index in [1.807, 2.05) is 6.07 Å². The van der Waals surface area contributed by atoms with Crippen LogP contribution in [0.3, 0.4) is 0 Å². The topological polar surface area (TPSA) is 140 Å². The Hall–Kier alpha value is -4.34. The van der Waals surface area contributed by atoms with Crippen molar-refractivity contribution in [2.75, 3.05) is 12.4 Å². The van der Waals surface area contributed by atoms with Gasteiger partial charge in [-0.3, -0.25) is 14.4 Å². The van der Waals surface area contributed by atoms with E-state index in [2.05, 4.69) is 17.2 Å². The predicted octanol–water partition coefficient (Wildman–Crippen LogP) is 4.41. The van der Waals surface area contributed by atoms with E-state index in [1.165, 1.54) is 12.0 Å². The van der Waals surface area contributed by atoms with Crippen LogP contribution in [-0.2, 0) is 19.1 Å². The summed E-state index contributed by atoms with van der Waals surface area (Å²) in [5.41, 5.74) is 5.38. The van der Waals surface area contributed by atoms with Crippen molar-refractivity contribution >= 4 is 35.6 Å². The summed E-state index contributed by atoms with van der Waals surface area (Å²) < 4.78 is 10.5. The molecule has 40 heavy (non-hydrogen) atoms. The van der Waals surface area contributed by atoms with Crippen LogP contribution in [0.2, 0.25) is 0 Å². The van der Waals surface area contributed by atoms with Crippen molar-refractivity contribution in [3.05, 3.63) is 66.2 Å². The Morgan fingerprint density at radius 1 is 1.02 bits per heavy atom. The summed E-state index contributed by atoms with van der Waals surface area (Å²) >= 11 is 0. The van der Waals surface area contributed by atoms with E-state index in [0.717, 1.165) is 5.56 Å². The minimum Gasteiger partial charge on any atom is -0.497 e. The van der Waals surface area contributed by atoms with Gasteiger partial charge in [0.25, 0.3) is 5.91 Å². The van der Waals surface area contributed by atoms with Crippen LogP contribution in [0.4, 0.5) is 10.5 Å². The first-order valence-electron chi connectivity index (χ1n) is 12.8. The van der Waals surface area contributed by atoms with Crippen molar-refractivity contribution in [1.82, 2.24) is 10.2 Å². The lowest BCUT2D eigenvalue weighted by Gasteiger charge is -2.43. The molecule has 0 aliphatic carbocycles. The average Bonchev–Trinajstić information content (AvgIpc) is 2.84. The van der Waals surface area contributed by atoms with E-state index in [4.69, 9.17) is 15.2 Å². The normalized spacial score (nSPS) is 12.9. The highest BCUT2D eigenvalue weighted by Crippen LogP contribution is 2.32. The summed E-state index contributed by atoms with van der Waals surface area (Å²) in [7, 11) is 1.54. The Bertz CT molecular complexity index is 1230. The molecule has 0 saturated heterocycles. The summed E-state index contributed by atoms with van der Waals surface area (Å²) in [5, 5.41) is 5.34. The third-order valence-electron chi connectivity index (χ3n) is 5.68. The standard InChI is InChI=1S/C30H40N4O6/c1-9-19-11-10-12-20(17-19)25(26(36)32-21-13-15-22(39-8)16-14-21)34(29(2,3)4)27(37)23(18-24(31)35)33-28(38)40-30(5,6)7/h9-17,23,25H,1,18H2,2-8H3,(H2,31,35)(H,32,36)(H,33,38). The molecule has 2 atom stereocenters. The quantitative estimate of drug-likeness (QED) is 0.399. The Morgan fingerprint density at radius 3 is 2.15 bits per heavy atom. The Balaban J connectivity index is 2.62. The second kappa shape index (κ2) is 13.1. The molecule has 0 spiro atoms. The number of nitrogens with zero attached hydrogens (tertiary/aromatic N) is 1. The van der Waals surface area contributed by atoms with Gasteiger partial charge in [0.05, 0.1) is 13.5 Å². The first kappa shape index (κ1) is 31.9. The van der Waals surface area contributed by atoms with Crippen molar-refractivity contribution < 1.29 is 28.7 Å². The van der Waals surface area contributed by atoms with E-state index in [-0.39, 0.29) is 0 Å². The van der Waals surface area contributed by atoms with Gasteiger partial charge in [0.1, 0.15) is 23.4 Å². The van der Waals surface area contributed by atoms with E-state index >= 15 is 0 Å². The second-order valence-corrected chi connectivity index (χ2v) is 11.2. The third kappa shape index (κ3) is 9.14. The van der Waals surface area contributed by atoms with Gasteiger partial charge < -0.3 is 30.7 Å². The Morgan fingerprint density at radius 2 is 1.65 bits per heavy atom. The molecule has 10 nitrogen and oxygen atoms in total. The molecule has 4 amide bonds. The number of hydrogen-bond acceptors (Lipinski definition) is 6. The van der Waals surface area contributed by atoms with E-state index in [0.29, 0.717) is 17.0 Å². The molecule has 2 aromatic carbocycles. The van der Waals surface area contributed by atoms with Crippen LogP contribution in [0.5, 0.6) is 5.75 Å². The molecular formula is C30H40N4O6. The molecule has 0 saturated carbocycles. The highest BCUT2D eigenvalue weighted by molar-refractivity contribution is 6.00. The van der Waals surface area contributed by atoms with Crippen LogP contribution >= 0.6 is 0 Å². The highest BCUT2D eigenvalue weighted by atomic mass is 16.6. The number of nitrogens with two attached hydrogens (primary N) is 1. The number of anilines is 1. The molecule has 0 bridgehead atoms. The third-order valence-corrected chi connectivity index (χ3v) is 5.68. The predicted molar refractivity (Wildman–Crippen MR) is 154 cm³/mol. The number of hydrogen-bond donors (Lipinski definition) is 3. The number of methoxy groups -OCH3 is 1. The zero-order chi connectivity index (χ0) is 30.3. The van der Waals surface area contributed by atoms with Gasteiger partial charge in [0, 0.05) is 11.2 Å². The SMILES string of the molecule is C=Cc1cccc(C(C(=O)Nc2ccc(OC)cc2)N(C(=O)C(CC(N)=O)NC(=O)OC(C)(C)C)C(C)(C)C)c1. The fourth-order valence-corrected chi connectivity index (χ4v) is 4.02. The number of rotatable bonds is 10. The molecule has 0 heterocycles. The summed E-state index contributed by atoms with van der Waals surface area (Å²) in [5.74, 6) is -1.39. The van der Waals surface area contributed by atoms with E-state index in [1.54, 1.807) is 90.1 Å². The molecule has 2 unspecified atom stereocenters. The Kier molecular flexibility index (Phi) is 10.5. The van der Waals surface area contributed by atoms with E-state index < -0.39 is 53.5 Å². The molecule has 216 valence electrons. The van der Waals surface area contributed by atoms with Crippen molar-refractivity contribution in [2.24, 2.45) is 5.73 Å². The van der Waals surface area contributed by atoms with Crippen LogP contribution in [0.1, 0.15) is 65.1 Å². The molecule has 4 N–H and O–H groups in total. The van der Waals surface area contributed by atoms with Crippen LogP contribution in [-0.4, -0.2) is 53.0 Å². The average molecular weight is 553 g/mol. The number of primary amides is 1. The van der Waals surface area contributed by atoms with Gasteiger partial charge in [-0.1, -0.05) is 30.9 Å². The second-order valence-electron chi connectivity index (χ2n) is 11.2. The molecule has 0 aliphatic heterocycles. The van der Waals surface area contributed by atoms with Crippen LogP contribution in [0, 0.1) is 0 Å². The van der Waals surface area contributed by atoms with Crippen LogP contribution in [0.25, 0.3) is 6.08 Å². The van der Waals surface area contributed by atoms with Gasteiger partial charge in [-0.15, -0.1) is 0 Å². The van der Waals surface area contributed by atoms with E-state index in [9.17, 15) is 19.2 Å². The molecule has 0 aromatic heterocycles.